The molecule has 0 spiro atoms. The molecule has 1 amide bonds. The van der Waals surface area contributed by atoms with Crippen molar-refractivity contribution in [1.82, 2.24) is 10.2 Å². The number of halogens is 1. The van der Waals surface area contributed by atoms with Crippen molar-refractivity contribution < 1.29 is 9.53 Å². The molecule has 4 nitrogen and oxygen atoms in total. The van der Waals surface area contributed by atoms with E-state index in [9.17, 15) is 4.79 Å². The normalized spacial score (nSPS) is 23.4. The first-order valence-corrected chi connectivity index (χ1v) is 10.7. The number of carbonyl (C=O) groups excluding carboxylic acids is 1. The monoisotopic (exact) mass is 414 g/mol. The van der Waals surface area contributed by atoms with E-state index in [2.05, 4.69) is 43.2 Å². The van der Waals surface area contributed by atoms with Crippen molar-refractivity contribution in [1.29, 1.82) is 0 Å². The van der Waals surface area contributed by atoms with Crippen LogP contribution in [0, 0.1) is 5.92 Å². The van der Waals surface area contributed by atoms with Crippen LogP contribution < -0.4 is 10.1 Å². The largest absolute Gasteiger partial charge is 0.496 e. The van der Waals surface area contributed by atoms with Crippen molar-refractivity contribution in [3.63, 3.8) is 0 Å². The van der Waals surface area contributed by atoms with Crippen LogP contribution in [-0.4, -0.2) is 37.0 Å². The Kier molecular flexibility index (Phi) is 6.86. The Morgan fingerprint density at radius 1 is 1.28 bits per heavy atom. The molecule has 3 rings (SSSR count). The van der Waals surface area contributed by atoms with Crippen LogP contribution in [-0.2, 0) is 0 Å². The van der Waals surface area contributed by atoms with Crippen LogP contribution >= 0.6 is 11.6 Å². The van der Waals surface area contributed by atoms with Crippen molar-refractivity contribution in [2.75, 3.05) is 20.7 Å². The molecule has 5 heteroatoms. The molecular formula is C24H31ClN2O2. The summed E-state index contributed by atoms with van der Waals surface area (Å²) in [5.74, 6) is 0.965. The Labute approximate surface area is 179 Å². The second-order valence-electron chi connectivity index (χ2n) is 8.18. The number of amides is 1. The molecule has 0 radical (unpaired) electrons. The minimum absolute atomic E-state index is 0.167. The number of methoxy groups -OCH3 is 1. The standard InChI is InChI=1S/C24H31ClN2O2/c1-5-17-14-15-24(2,27(3)16-17)22(18-10-7-6-8-11-18)26-23(28)21-19(25)12-9-13-20(21)29-4/h6-13,17,22H,5,14-16H2,1-4H3,(H,26,28). The lowest BCUT2D eigenvalue weighted by molar-refractivity contribution is 0.0229. The molecule has 0 bridgehead atoms. The first kappa shape index (κ1) is 21.7. The van der Waals surface area contributed by atoms with Gasteiger partial charge in [-0.25, -0.2) is 0 Å². The maximum absolute atomic E-state index is 13.3. The van der Waals surface area contributed by atoms with E-state index in [0.717, 1.165) is 24.9 Å². The van der Waals surface area contributed by atoms with Crippen molar-refractivity contribution >= 4 is 17.5 Å². The zero-order valence-corrected chi connectivity index (χ0v) is 18.5. The molecule has 3 unspecified atom stereocenters. The van der Waals surface area contributed by atoms with E-state index in [1.165, 1.54) is 6.42 Å². The molecule has 3 atom stereocenters. The Morgan fingerprint density at radius 2 is 2.00 bits per heavy atom. The third kappa shape index (κ3) is 4.44. The maximum atomic E-state index is 13.3. The third-order valence-corrected chi connectivity index (χ3v) is 6.81. The van der Waals surface area contributed by atoms with Gasteiger partial charge >= 0.3 is 0 Å². The average Bonchev–Trinajstić information content (AvgIpc) is 2.74. The van der Waals surface area contributed by atoms with Gasteiger partial charge in [0, 0.05) is 12.1 Å². The minimum atomic E-state index is -0.214. The summed E-state index contributed by atoms with van der Waals surface area (Å²) in [4.78, 5) is 15.8. The molecule has 1 N–H and O–H groups in total. The Hall–Kier alpha value is -2.04. The molecule has 2 aromatic carbocycles. The Balaban J connectivity index is 1.97. The second kappa shape index (κ2) is 9.19. The summed E-state index contributed by atoms with van der Waals surface area (Å²) in [6.07, 6.45) is 3.35. The van der Waals surface area contributed by atoms with Crippen LogP contribution in [0.25, 0.3) is 0 Å². The zero-order chi connectivity index (χ0) is 21.0. The van der Waals surface area contributed by atoms with Crippen LogP contribution in [0.1, 0.15) is 55.1 Å². The molecule has 1 fully saturated rings. The third-order valence-electron chi connectivity index (χ3n) is 6.49. The highest BCUT2D eigenvalue weighted by Gasteiger charge is 2.43. The van der Waals surface area contributed by atoms with E-state index >= 15 is 0 Å². The van der Waals surface area contributed by atoms with Gasteiger partial charge < -0.3 is 10.1 Å². The molecule has 1 aliphatic heterocycles. The molecule has 29 heavy (non-hydrogen) atoms. The lowest BCUT2D eigenvalue weighted by atomic mass is 9.75. The average molecular weight is 415 g/mol. The molecule has 0 saturated carbocycles. The summed E-state index contributed by atoms with van der Waals surface area (Å²) in [5.41, 5.74) is 1.28. The Bertz CT molecular complexity index is 842. The van der Waals surface area contributed by atoms with Gasteiger partial charge in [-0.05, 0) is 50.4 Å². The van der Waals surface area contributed by atoms with E-state index < -0.39 is 0 Å². The summed E-state index contributed by atoms with van der Waals surface area (Å²) in [5, 5.41) is 3.68. The predicted molar refractivity (Wildman–Crippen MR) is 119 cm³/mol. The van der Waals surface area contributed by atoms with Gasteiger partial charge in [-0.1, -0.05) is 61.3 Å². The van der Waals surface area contributed by atoms with Crippen LogP contribution in [0.4, 0.5) is 0 Å². The SMILES string of the molecule is CCC1CCC(C)(C(NC(=O)c2c(Cl)cccc2OC)c2ccccc2)N(C)C1. The summed E-state index contributed by atoms with van der Waals surface area (Å²) >= 11 is 6.37. The first-order chi connectivity index (χ1) is 13.9. The molecule has 0 aliphatic carbocycles. The van der Waals surface area contributed by atoms with E-state index in [4.69, 9.17) is 16.3 Å². The smallest absolute Gasteiger partial charge is 0.257 e. The van der Waals surface area contributed by atoms with E-state index in [-0.39, 0.29) is 17.5 Å². The van der Waals surface area contributed by atoms with Crippen LogP contribution in [0.15, 0.2) is 48.5 Å². The number of hydrogen-bond donors (Lipinski definition) is 1. The van der Waals surface area contributed by atoms with E-state index in [1.54, 1.807) is 25.3 Å². The minimum Gasteiger partial charge on any atom is -0.496 e. The molecule has 1 saturated heterocycles. The van der Waals surface area contributed by atoms with Gasteiger partial charge in [0.25, 0.3) is 5.91 Å². The van der Waals surface area contributed by atoms with Crippen molar-refractivity contribution in [2.24, 2.45) is 5.92 Å². The number of rotatable bonds is 6. The van der Waals surface area contributed by atoms with Gasteiger partial charge in [-0.2, -0.15) is 0 Å². The molecule has 1 aliphatic rings. The fraction of sp³-hybridized carbons (Fsp3) is 0.458. The number of piperidine rings is 1. The highest BCUT2D eigenvalue weighted by atomic mass is 35.5. The molecule has 2 aromatic rings. The van der Waals surface area contributed by atoms with E-state index in [1.807, 2.05) is 18.2 Å². The lowest BCUT2D eigenvalue weighted by Crippen LogP contribution is -2.57. The Morgan fingerprint density at radius 3 is 2.62 bits per heavy atom. The summed E-state index contributed by atoms with van der Waals surface area (Å²) in [6.45, 7) is 5.53. The predicted octanol–water partition coefficient (Wildman–Crippen LogP) is 5.33. The van der Waals surface area contributed by atoms with Gasteiger partial charge in [0.15, 0.2) is 0 Å². The van der Waals surface area contributed by atoms with Crippen LogP contribution in [0.5, 0.6) is 5.75 Å². The number of likely N-dealkylation sites (tertiary alicyclic amines) is 1. The zero-order valence-electron chi connectivity index (χ0n) is 17.7. The fourth-order valence-corrected chi connectivity index (χ4v) is 4.67. The molecule has 156 valence electrons. The van der Waals surface area contributed by atoms with Gasteiger partial charge in [-0.15, -0.1) is 0 Å². The number of nitrogens with one attached hydrogen (secondary N) is 1. The van der Waals surface area contributed by atoms with Gasteiger partial charge in [0.1, 0.15) is 5.75 Å². The highest BCUT2D eigenvalue weighted by molar-refractivity contribution is 6.34. The second-order valence-corrected chi connectivity index (χ2v) is 8.59. The lowest BCUT2D eigenvalue weighted by Gasteiger charge is -2.50. The van der Waals surface area contributed by atoms with Crippen LogP contribution in [0.3, 0.4) is 0 Å². The van der Waals surface area contributed by atoms with Gasteiger partial charge in [0.05, 0.1) is 23.7 Å². The first-order valence-electron chi connectivity index (χ1n) is 10.3. The molecular weight excluding hydrogens is 384 g/mol. The molecule has 1 heterocycles. The van der Waals surface area contributed by atoms with Crippen molar-refractivity contribution in [3.8, 4) is 5.75 Å². The highest BCUT2D eigenvalue weighted by Crippen LogP contribution is 2.40. The van der Waals surface area contributed by atoms with E-state index in [0.29, 0.717) is 22.3 Å². The van der Waals surface area contributed by atoms with Gasteiger partial charge in [0.2, 0.25) is 0 Å². The van der Waals surface area contributed by atoms with Gasteiger partial charge in [-0.3, -0.25) is 9.69 Å². The fourth-order valence-electron chi connectivity index (χ4n) is 4.41. The topological polar surface area (TPSA) is 41.6 Å². The quantitative estimate of drug-likeness (QED) is 0.694. The van der Waals surface area contributed by atoms with Crippen molar-refractivity contribution in [3.05, 3.63) is 64.7 Å². The number of carbonyl (C=O) groups is 1. The summed E-state index contributed by atoms with van der Waals surface area (Å²) in [7, 11) is 3.72. The summed E-state index contributed by atoms with van der Waals surface area (Å²) in [6, 6.07) is 15.3. The van der Waals surface area contributed by atoms with Crippen LogP contribution in [0.2, 0.25) is 5.02 Å². The number of benzene rings is 2. The number of ether oxygens (including phenoxy) is 1. The molecule has 0 aromatic heterocycles. The number of nitrogens with zero attached hydrogens (tertiary/aromatic N) is 1. The number of hydrogen-bond acceptors (Lipinski definition) is 3. The number of likely N-dealkylation sites (N-methyl/N-ethyl adjacent to an activating group) is 1. The summed E-state index contributed by atoms with van der Waals surface area (Å²) < 4.78 is 5.40. The maximum Gasteiger partial charge on any atom is 0.257 e. The van der Waals surface area contributed by atoms with Crippen molar-refractivity contribution in [2.45, 2.75) is 44.7 Å².